The van der Waals surface area contributed by atoms with Gasteiger partial charge >= 0.3 is 0 Å². The summed E-state index contributed by atoms with van der Waals surface area (Å²) in [5.74, 6) is 0.593. The fourth-order valence-electron chi connectivity index (χ4n) is 2.16. The lowest BCUT2D eigenvalue weighted by molar-refractivity contribution is 0.679. The van der Waals surface area contributed by atoms with Crippen LogP contribution in [-0.4, -0.2) is 15.2 Å². The summed E-state index contributed by atoms with van der Waals surface area (Å²) in [6, 6.07) is 12.2. The van der Waals surface area contributed by atoms with Gasteiger partial charge in [-0.2, -0.15) is 0 Å². The fourth-order valence-corrected chi connectivity index (χ4v) is 2.97. The molecule has 0 saturated carbocycles. The molecular weight excluding hydrogens is 268 g/mol. The highest BCUT2D eigenvalue weighted by atomic mass is 32.1. The van der Waals surface area contributed by atoms with Gasteiger partial charge in [-0.05, 0) is 30.0 Å². The van der Waals surface area contributed by atoms with Crippen LogP contribution in [0.5, 0.6) is 0 Å². The van der Waals surface area contributed by atoms with Gasteiger partial charge in [0.2, 0.25) is 5.95 Å². The average Bonchev–Trinajstić information content (AvgIpc) is 3.01. The molecule has 1 aromatic carbocycles. The molecule has 0 fully saturated rings. The van der Waals surface area contributed by atoms with Crippen molar-refractivity contribution in [2.24, 2.45) is 0 Å². The first-order chi connectivity index (χ1) is 9.86. The number of fused-ring (bicyclic) bond motifs is 1. The monoisotopic (exact) mass is 284 g/mol. The molecule has 20 heavy (non-hydrogen) atoms. The van der Waals surface area contributed by atoms with Gasteiger partial charge in [-0.1, -0.05) is 31.5 Å². The minimum atomic E-state index is 0.253. The number of aromatic nitrogens is 3. The first-order valence-electron chi connectivity index (χ1n) is 6.76. The summed E-state index contributed by atoms with van der Waals surface area (Å²) in [7, 11) is 0. The van der Waals surface area contributed by atoms with Crippen LogP contribution in [-0.2, 0) is 0 Å². The number of benzene rings is 1. The molecule has 0 bridgehead atoms. The van der Waals surface area contributed by atoms with Gasteiger partial charge in [0, 0.05) is 4.88 Å². The van der Waals surface area contributed by atoms with Crippen LogP contribution in [0.2, 0.25) is 0 Å². The molecular formula is C15H16N4S. The van der Waals surface area contributed by atoms with Gasteiger partial charge in [-0.25, -0.2) is 4.98 Å². The van der Waals surface area contributed by atoms with Gasteiger partial charge in [-0.15, -0.1) is 21.5 Å². The average molecular weight is 284 g/mol. The number of anilines is 1. The second-order valence-corrected chi connectivity index (χ2v) is 5.60. The molecule has 0 spiro atoms. The second kappa shape index (κ2) is 5.96. The van der Waals surface area contributed by atoms with Crippen molar-refractivity contribution in [3.8, 4) is 0 Å². The van der Waals surface area contributed by atoms with Crippen molar-refractivity contribution in [1.82, 2.24) is 15.2 Å². The van der Waals surface area contributed by atoms with E-state index in [0.29, 0.717) is 5.95 Å². The second-order valence-electron chi connectivity index (χ2n) is 4.63. The number of para-hydroxylation sites is 1. The molecule has 4 nitrogen and oxygen atoms in total. The van der Waals surface area contributed by atoms with E-state index < -0.39 is 0 Å². The van der Waals surface area contributed by atoms with Crippen LogP contribution < -0.4 is 5.32 Å². The Balaban J connectivity index is 1.86. The summed E-state index contributed by atoms with van der Waals surface area (Å²) in [5.41, 5.74) is 1.69. The molecule has 1 atom stereocenters. The third kappa shape index (κ3) is 2.77. The quantitative estimate of drug-likeness (QED) is 0.768. The highest BCUT2D eigenvalue weighted by Crippen LogP contribution is 2.26. The van der Waals surface area contributed by atoms with E-state index in [2.05, 4.69) is 44.9 Å². The van der Waals surface area contributed by atoms with Crippen molar-refractivity contribution in [2.75, 3.05) is 5.32 Å². The standard InChI is InChI=1S/C15H16N4S/c1-2-6-13(14-9-5-10-20-14)17-15-16-11-7-3-4-8-12(11)18-19-15/h3-5,7-10,13H,2,6H2,1H3,(H,16,17,19). The molecule has 0 saturated heterocycles. The lowest BCUT2D eigenvalue weighted by Crippen LogP contribution is -2.12. The van der Waals surface area contributed by atoms with Gasteiger partial charge < -0.3 is 5.32 Å². The Labute approximate surface area is 121 Å². The zero-order valence-corrected chi connectivity index (χ0v) is 12.1. The molecule has 0 radical (unpaired) electrons. The highest BCUT2D eigenvalue weighted by Gasteiger charge is 2.13. The normalized spacial score (nSPS) is 12.4. The molecule has 1 N–H and O–H groups in total. The summed E-state index contributed by atoms with van der Waals surface area (Å²) in [4.78, 5) is 5.84. The maximum absolute atomic E-state index is 4.53. The van der Waals surface area contributed by atoms with Crippen LogP contribution in [0.3, 0.4) is 0 Å². The van der Waals surface area contributed by atoms with E-state index in [-0.39, 0.29) is 6.04 Å². The molecule has 102 valence electrons. The van der Waals surface area contributed by atoms with E-state index in [1.807, 2.05) is 24.3 Å². The van der Waals surface area contributed by atoms with Crippen molar-refractivity contribution >= 4 is 28.3 Å². The van der Waals surface area contributed by atoms with Crippen molar-refractivity contribution in [1.29, 1.82) is 0 Å². The summed E-state index contributed by atoms with van der Waals surface area (Å²) in [6.07, 6.45) is 2.16. The molecule has 0 aliphatic heterocycles. The number of nitrogens with zero attached hydrogens (tertiary/aromatic N) is 3. The van der Waals surface area contributed by atoms with Crippen LogP contribution in [0.15, 0.2) is 41.8 Å². The van der Waals surface area contributed by atoms with E-state index >= 15 is 0 Å². The van der Waals surface area contributed by atoms with Gasteiger partial charge in [0.1, 0.15) is 5.52 Å². The van der Waals surface area contributed by atoms with Gasteiger partial charge in [0.25, 0.3) is 0 Å². The lowest BCUT2D eigenvalue weighted by Gasteiger charge is -2.16. The lowest BCUT2D eigenvalue weighted by atomic mass is 10.1. The molecule has 0 amide bonds. The summed E-state index contributed by atoms with van der Waals surface area (Å²) < 4.78 is 0. The zero-order chi connectivity index (χ0) is 13.8. The number of thiophene rings is 1. The molecule has 0 aliphatic carbocycles. The topological polar surface area (TPSA) is 50.7 Å². The van der Waals surface area contributed by atoms with Crippen LogP contribution in [0, 0.1) is 0 Å². The first-order valence-corrected chi connectivity index (χ1v) is 7.64. The van der Waals surface area contributed by atoms with E-state index in [1.54, 1.807) is 11.3 Å². The molecule has 0 aliphatic rings. The maximum Gasteiger partial charge on any atom is 0.243 e. The van der Waals surface area contributed by atoms with Gasteiger partial charge in [0.05, 0.1) is 11.6 Å². The van der Waals surface area contributed by atoms with Crippen LogP contribution in [0.25, 0.3) is 11.0 Å². The number of nitrogens with one attached hydrogen (secondary N) is 1. The summed E-state index contributed by atoms with van der Waals surface area (Å²) >= 11 is 1.76. The van der Waals surface area contributed by atoms with E-state index in [0.717, 1.165) is 23.9 Å². The number of rotatable bonds is 5. The smallest absolute Gasteiger partial charge is 0.243 e. The Kier molecular flexibility index (Phi) is 3.87. The Hall–Kier alpha value is -2.01. The zero-order valence-electron chi connectivity index (χ0n) is 11.3. The Bertz CT molecular complexity index is 681. The molecule has 3 aromatic rings. The Morgan fingerprint density at radius 3 is 2.70 bits per heavy atom. The Morgan fingerprint density at radius 1 is 1.10 bits per heavy atom. The van der Waals surface area contributed by atoms with Crippen LogP contribution >= 0.6 is 11.3 Å². The minimum absolute atomic E-state index is 0.253. The molecule has 2 heterocycles. The number of hydrogen-bond acceptors (Lipinski definition) is 5. The largest absolute Gasteiger partial charge is 0.345 e. The molecule has 2 aromatic heterocycles. The third-order valence-electron chi connectivity index (χ3n) is 3.13. The number of hydrogen-bond donors (Lipinski definition) is 1. The predicted molar refractivity (Wildman–Crippen MR) is 82.9 cm³/mol. The van der Waals surface area contributed by atoms with Crippen LogP contribution in [0.4, 0.5) is 5.95 Å². The summed E-state index contributed by atoms with van der Waals surface area (Å²) in [5, 5.41) is 13.9. The first kappa shape index (κ1) is 13.0. The SMILES string of the molecule is CCCC(Nc1nnc2ccccc2n1)c1cccs1. The van der Waals surface area contributed by atoms with E-state index in [9.17, 15) is 0 Å². The molecule has 5 heteroatoms. The van der Waals surface area contributed by atoms with E-state index in [4.69, 9.17) is 0 Å². The van der Waals surface area contributed by atoms with Gasteiger partial charge in [-0.3, -0.25) is 0 Å². The Morgan fingerprint density at radius 2 is 1.95 bits per heavy atom. The molecule has 3 rings (SSSR count). The van der Waals surface area contributed by atoms with Gasteiger partial charge in [0.15, 0.2) is 0 Å². The van der Waals surface area contributed by atoms with Crippen LogP contribution in [0.1, 0.15) is 30.7 Å². The predicted octanol–water partition coefficient (Wildman–Crippen LogP) is 4.04. The molecule has 1 unspecified atom stereocenters. The van der Waals surface area contributed by atoms with Crippen molar-refractivity contribution in [3.63, 3.8) is 0 Å². The van der Waals surface area contributed by atoms with E-state index in [1.165, 1.54) is 4.88 Å². The third-order valence-corrected chi connectivity index (χ3v) is 4.11. The summed E-state index contributed by atoms with van der Waals surface area (Å²) in [6.45, 7) is 2.18. The fraction of sp³-hybridized carbons (Fsp3) is 0.267. The highest BCUT2D eigenvalue weighted by molar-refractivity contribution is 7.10. The van der Waals surface area contributed by atoms with Crippen molar-refractivity contribution < 1.29 is 0 Å². The minimum Gasteiger partial charge on any atom is -0.345 e. The van der Waals surface area contributed by atoms with Crippen molar-refractivity contribution in [2.45, 2.75) is 25.8 Å². The maximum atomic E-state index is 4.53. The van der Waals surface area contributed by atoms with Crippen molar-refractivity contribution in [3.05, 3.63) is 46.7 Å².